The number of rotatable bonds is 5. The average molecular weight is 372 g/mol. The van der Waals surface area contributed by atoms with Crippen LogP contribution >= 0.6 is 11.6 Å². The molecular formula is C20H19ClFN3O. The molecule has 2 heterocycles. The summed E-state index contributed by atoms with van der Waals surface area (Å²) in [6, 6.07) is 8.32. The maximum atomic E-state index is 14.2. The molecule has 26 heavy (non-hydrogen) atoms. The largest absolute Gasteiger partial charge is 0.292 e. The van der Waals surface area contributed by atoms with Gasteiger partial charge < -0.3 is 0 Å². The van der Waals surface area contributed by atoms with Crippen LogP contribution in [0.4, 0.5) is 4.39 Å². The van der Waals surface area contributed by atoms with E-state index in [0.717, 1.165) is 31.7 Å². The number of aromatic nitrogens is 2. The molecule has 1 aliphatic carbocycles. The molecule has 1 aliphatic rings. The van der Waals surface area contributed by atoms with Crippen LogP contribution in [-0.4, -0.2) is 15.8 Å². The van der Waals surface area contributed by atoms with Crippen LogP contribution in [0.15, 0.2) is 30.5 Å². The molecule has 2 aromatic rings. The van der Waals surface area contributed by atoms with Crippen molar-refractivity contribution >= 4 is 17.4 Å². The summed E-state index contributed by atoms with van der Waals surface area (Å²) in [5, 5.41) is 8.93. The molecule has 6 heteroatoms. The van der Waals surface area contributed by atoms with Gasteiger partial charge in [-0.2, -0.15) is 5.26 Å². The van der Waals surface area contributed by atoms with Gasteiger partial charge in [0.15, 0.2) is 5.78 Å². The fourth-order valence-corrected chi connectivity index (χ4v) is 3.86. The average Bonchev–Trinajstić information content (AvgIpc) is 2.65. The van der Waals surface area contributed by atoms with Gasteiger partial charge in [-0.25, -0.2) is 9.37 Å². The molecule has 0 aromatic carbocycles. The van der Waals surface area contributed by atoms with E-state index in [1.54, 1.807) is 18.3 Å². The molecule has 0 bridgehead atoms. The van der Waals surface area contributed by atoms with Gasteiger partial charge in [-0.05, 0) is 49.3 Å². The molecule has 3 rings (SSSR count). The highest BCUT2D eigenvalue weighted by molar-refractivity contribution is 6.30. The standard InChI is InChI=1S/C20H19ClFN3O/c21-20-15(12-23)11-16(22)18(25-20)9-13-4-3-5-14(8-13)10-19(26)17-6-1-2-7-24-17/h1-2,6-7,11,13-14H,3-5,8-10H2/t13-,14+/m0/s1. The van der Waals surface area contributed by atoms with Crippen LogP contribution in [-0.2, 0) is 6.42 Å². The third kappa shape index (κ3) is 4.44. The molecule has 2 atom stereocenters. The molecule has 1 saturated carbocycles. The van der Waals surface area contributed by atoms with E-state index in [1.165, 1.54) is 0 Å². The van der Waals surface area contributed by atoms with Crippen molar-refractivity contribution in [3.8, 4) is 6.07 Å². The van der Waals surface area contributed by atoms with Gasteiger partial charge in [-0.1, -0.05) is 30.5 Å². The summed E-state index contributed by atoms with van der Waals surface area (Å²) in [6.07, 6.45) is 6.42. The number of halogens is 2. The van der Waals surface area contributed by atoms with Crippen molar-refractivity contribution in [1.29, 1.82) is 5.26 Å². The van der Waals surface area contributed by atoms with Crippen molar-refractivity contribution < 1.29 is 9.18 Å². The number of hydrogen-bond acceptors (Lipinski definition) is 4. The summed E-state index contributed by atoms with van der Waals surface area (Å²) < 4.78 is 14.2. The van der Waals surface area contributed by atoms with E-state index in [0.29, 0.717) is 24.2 Å². The minimum Gasteiger partial charge on any atom is -0.292 e. The Kier molecular flexibility index (Phi) is 5.95. The van der Waals surface area contributed by atoms with E-state index >= 15 is 0 Å². The summed E-state index contributed by atoms with van der Waals surface area (Å²) in [4.78, 5) is 20.5. The first-order valence-electron chi connectivity index (χ1n) is 8.76. The lowest BCUT2D eigenvalue weighted by Gasteiger charge is -2.28. The van der Waals surface area contributed by atoms with Crippen molar-refractivity contribution in [3.05, 3.63) is 58.4 Å². The highest BCUT2D eigenvalue weighted by Gasteiger charge is 2.26. The van der Waals surface area contributed by atoms with E-state index in [9.17, 15) is 9.18 Å². The minimum atomic E-state index is -0.488. The van der Waals surface area contributed by atoms with Gasteiger partial charge in [-0.15, -0.1) is 0 Å². The molecule has 0 radical (unpaired) electrons. The Bertz CT molecular complexity index is 835. The summed E-state index contributed by atoms with van der Waals surface area (Å²) >= 11 is 5.93. The van der Waals surface area contributed by atoms with Gasteiger partial charge in [0.1, 0.15) is 22.7 Å². The number of Topliss-reactive ketones (excluding diaryl/α,β-unsaturated/α-hetero) is 1. The SMILES string of the molecule is N#Cc1cc(F)c(C[C@H]2CCC[C@@H](CC(=O)c3ccccn3)C2)nc1Cl. The summed E-state index contributed by atoms with van der Waals surface area (Å²) in [6.45, 7) is 0. The fourth-order valence-electron chi connectivity index (χ4n) is 3.66. The van der Waals surface area contributed by atoms with Crippen LogP contribution in [0.1, 0.15) is 53.8 Å². The topological polar surface area (TPSA) is 66.6 Å². The first-order chi connectivity index (χ1) is 12.6. The predicted octanol–water partition coefficient (Wildman–Crippen LogP) is 4.76. The molecule has 1 fully saturated rings. The lowest BCUT2D eigenvalue weighted by atomic mass is 9.77. The number of nitriles is 1. The molecule has 0 saturated heterocycles. The molecule has 0 amide bonds. The third-order valence-electron chi connectivity index (χ3n) is 4.92. The van der Waals surface area contributed by atoms with Crippen LogP contribution in [0.2, 0.25) is 5.15 Å². The zero-order chi connectivity index (χ0) is 18.5. The van der Waals surface area contributed by atoms with Gasteiger partial charge in [0, 0.05) is 12.6 Å². The van der Waals surface area contributed by atoms with Crippen molar-refractivity contribution in [2.24, 2.45) is 11.8 Å². The van der Waals surface area contributed by atoms with E-state index in [2.05, 4.69) is 9.97 Å². The minimum absolute atomic E-state index is 0.0431. The quantitative estimate of drug-likeness (QED) is 0.561. The van der Waals surface area contributed by atoms with E-state index in [-0.39, 0.29) is 28.3 Å². The molecule has 4 nitrogen and oxygen atoms in total. The Morgan fingerprint density at radius 2 is 2.15 bits per heavy atom. The summed E-state index contributed by atoms with van der Waals surface area (Å²) in [7, 11) is 0. The predicted molar refractivity (Wildman–Crippen MR) is 96.3 cm³/mol. The van der Waals surface area contributed by atoms with Crippen LogP contribution in [0.3, 0.4) is 0 Å². The van der Waals surface area contributed by atoms with Gasteiger partial charge in [0.05, 0.1) is 11.3 Å². The summed E-state index contributed by atoms with van der Waals surface area (Å²) in [5.41, 5.74) is 0.854. The van der Waals surface area contributed by atoms with Gasteiger partial charge >= 0.3 is 0 Å². The molecular weight excluding hydrogens is 353 g/mol. The second-order valence-electron chi connectivity index (χ2n) is 6.81. The normalized spacial score (nSPS) is 19.7. The monoisotopic (exact) mass is 371 g/mol. The lowest BCUT2D eigenvalue weighted by molar-refractivity contribution is 0.0934. The zero-order valence-corrected chi connectivity index (χ0v) is 15.0. The number of pyridine rings is 2. The molecule has 0 N–H and O–H groups in total. The van der Waals surface area contributed by atoms with Gasteiger partial charge in [0.2, 0.25) is 0 Å². The Morgan fingerprint density at radius 3 is 2.88 bits per heavy atom. The lowest BCUT2D eigenvalue weighted by Crippen LogP contribution is -2.21. The zero-order valence-electron chi connectivity index (χ0n) is 14.3. The number of carbonyl (C=O) groups excluding carboxylic acids is 1. The van der Waals surface area contributed by atoms with Crippen molar-refractivity contribution in [3.63, 3.8) is 0 Å². The number of carbonyl (C=O) groups is 1. The van der Waals surface area contributed by atoms with Crippen molar-refractivity contribution in [1.82, 2.24) is 9.97 Å². The third-order valence-corrected chi connectivity index (χ3v) is 5.21. The van der Waals surface area contributed by atoms with Gasteiger partial charge in [0.25, 0.3) is 0 Å². The van der Waals surface area contributed by atoms with Gasteiger partial charge in [-0.3, -0.25) is 9.78 Å². The Hall–Kier alpha value is -2.32. The van der Waals surface area contributed by atoms with Crippen LogP contribution < -0.4 is 0 Å². The maximum absolute atomic E-state index is 14.2. The van der Waals surface area contributed by atoms with E-state index in [1.807, 2.05) is 12.1 Å². The molecule has 0 spiro atoms. The van der Waals surface area contributed by atoms with Crippen molar-refractivity contribution in [2.45, 2.75) is 38.5 Å². The first-order valence-corrected chi connectivity index (χ1v) is 9.14. The van der Waals surface area contributed by atoms with Crippen LogP contribution in [0.25, 0.3) is 0 Å². The highest BCUT2D eigenvalue weighted by Crippen LogP contribution is 2.34. The smallest absolute Gasteiger partial charge is 0.181 e. The highest BCUT2D eigenvalue weighted by atomic mass is 35.5. The second-order valence-corrected chi connectivity index (χ2v) is 7.17. The van der Waals surface area contributed by atoms with Crippen molar-refractivity contribution in [2.75, 3.05) is 0 Å². The van der Waals surface area contributed by atoms with Crippen LogP contribution in [0.5, 0.6) is 0 Å². The molecule has 0 aliphatic heterocycles. The summed E-state index contributed by atoms with van der Waals surface area (Å²) in [5.74, 6) is 0.107. The first kappa shape index (κ1) is 18.5. The maximum Gasteiger partial charge on any atom is 0.181 e. The van der Waals surface area contributed by atoms with E-state index < -0.39 is 5.82 Å². The van der Waals surface area contributed by atoms with Crippen LogP contribution in [0, 0.1) is 29.0 Å². The Morgan fingerprint density at radius 1 is 1.35 bits per heavy atom. The molecule has 134 valence electrons. The second kappa shape index (κ2) is 8.37. The Balaban J connectivity index is 1.63. The molecule has 2 aromatic heterocycles. The van der Waals surface area contributed by atoms with E-state index in [4.69, 9.17) is 16.9 Å². The number of ketones is 1. The molecule has 0 unspecified atom stereocenters. The number of hydrogen-bond donors (Lipinski definition) is 0. The number of nitrogens with zero attached hydrogens (tertiary/aromatic N) is 3. The Labute approximate surface area is 157 Å². The fraction of sp³-hybridized carbons (Fsp3) is 0.400.